The molecule has 0 aliphatic heterocycles. The van der Waals surface area contributed by atoms with Crippen LogP contribution >= 0.6 is 31.9 Å². The molecule has 2 nitrogen and oxygen atoms in total. The van der Waals surface area contributed by atoms with Crippen LogP contribution in [0.3, 0.4) is 0 Å². The van der Waals surface area contributed by atoms with Crippen molar-refractivity contribution in [3.8, 4) is 11.1 Å². The van der Waals surface area contributed by atoms with Crippen LogP contribution in [-0.4, -0.2) is 14.2 Å². The van der Waals surface area contributed by atoms with Gasteiger partial charge in [0.2, 0.25) is 0 Å². The quantitative estimate of drug-likeness (QED) is 0.217. The summed E-state index contributed by atoms with van der Waals surface area (Å²) in [5.74, 6) is 0. The second kappa shape index (κ2) is 10.2. The Bertz CT molecular complexity index is 1420. The molecule has 2 unspecified atom stereocenters. The van der Waals surface area contributed by atoms with Gasteiger partial charge in [0.15, 0.2) is 11.2 Å². The molecule has 0 spiro atoms. The van der Waals surface area contributed by atoms with Gasteiger partial charge in [0.05, 0.1) is 0 Å². The van der Waals surface area contributed by atoms with Crippen LogP contribution in [0.2, 0.25) is 0 Å². The third kappa shape index (κ3) is 4.43. The van der Waals surface area contributed by atoms with Gasteiger partial charge in [-0.15, -0.1) is 0 Å². The van der Waals surface area contributed by atoms with Crippen molar-refractivity contribution in [1.29, 1.82) is 0 Å². The molecule has 4 aromatic carbocycles. The third-order valence-electron chi connectivity index (χ3n) is 8.44. The van der Waals surface area contributed by atoms with E-state index in [1.807, 2.05) is 14.2 Å². The van der Waals surface area contributed by atoms with Gasteiger partial charge >= 0.3 is 0 Å². The number of fused-ring (bicyclic) bond motifs is 3. The monoisotopic (exact) mass is 660 g/mol. The van der Waals surface area contributed by atoms with Crippen molar-refractivity contribution in [2.45, 2.75) is 63.6 Å². The largest absolute Gasteiger partial charge is 0.365 e. The van der Waals surface area contributed by atoms with Gasteiger partial charge in [-0.3, -0.25) is 0 Å². The van der Waals surface area contributed by atoms with Crippen LogP contribution in [-0.2, 0) is 31.5 Å². The molecule has 0 aromatic heterocycles. The number of rotatable bonds is 4. The van der Waals surface area contributed by atoms with Gasteiger partial charge < -0.3 is 9.47 Å². The Morgan fingerprint density at radius 2 is 0.825 bits per heavy atom. The predicted octanol–water partition coefficient (Wildman–Crippen LogP) is 10.3. The zero-order valence-electron chi connectivity index (χ0n) is 24.7. The minimum absolute atomic E-state index is 0.0326. The molecule has 208 valence electrons. The first-order valence-electron chi connectivity index (χ1n) is 13.7. The van der Waals surface area contributed by atoms with Crippen molar-refractivity contribution < 1.29 is 9.47 Å². The van der Waals surface area contributed by atoms with E-state index in [0.717, 1.165) is 42.3 Å². The summed E-state index contributed by atoms with van der Waals surface area (Å²) in [4.78, 5) is 0. The molecule has 2 atom stereocenters. The summed E-state index contributed by atoms with van der Waals surface area (Å²) in [7, 11) is 3.62. The molecule has 0 fully saturated rings. The van der Waals surface area contributed by atoms with E-state index in [-0.39, 0.29) is 10.8 Å². The molecule has 0 amide bonds. The number of hydrogen-bond acceptors (Lipinski definition) is 2. The topological polar surface area (TPSA) is 18.5 Å². The van der Waals surface area contributed by atoms with Crippen molar-refractivity contribution in [1.82, 2.24) is 0 Å². The molecule has 40 heavy (non-hydrogen) atoms. The summed E-state index contributed by atoms with van der Waals surface area (Å²) in [6.07, 6.45) is 0. The van der Waals surface area contributed by atoms with E-state index in [1.54, 1.807) is 0 Å². The van der Waals surface area contributed by atoms with Crippen LogP contribution in [0.25, 0.3) is 11.1 Å². The van der Waals surface area contributed by atoms with E-state index in [4.69, 9.17) is 9.47 Å². The zero-order chi connectivity index (χ0) is 29.1. The summed E-state index contributed by atoms with van der Waals surface area (Å²) < 4.78 is 15.7. The number of halogens is 2. The molecule has 4 heteroatoms. The molecular weight excluding hydrogens is 624 g/mol. The number of ether oxygens (including phenoxy) is 2. The average molecular weight is 663 g/mol. The lowest BCUT2D eigenvalue weighted by molar-refractivity contribution is -0.155. The van der Waals surface area contributed by atoms with Crippen LogP contribution in [0.1, 0.15) is 74.9 Å². The van der Waals surface area contributed by atoms with E-state index in [1.165, 1.54) is 11.1 Å². The highest BCUT2D eigenvalue weighted by Crippen LogP contribution is 2.61. The first kappa shape index (κ1) is 29.3. The van der Waals surface area contributed by atoms with Crippen LogP contribution in [0, 0.1) is 0 Å². The van der Waals surface area contributed by atoms with E-state index in [9.17, 15) is 0 Å². The average Bonchev–Trinajstić information content (AvgIpc) is 2.91. The number of hydrogen-bond donors (Lipinski definition) is 0. The van der Waals surface area contributed by atoms with Gasteiger partial charge in [-0.1, -0.05) is 134 Å². The minimum atomic E-state index is -0.992. The molecule has 1 aliphatic rings. The third-order valence-corrected chi connectivity index (χ3v) is 9.42. The zero-order valence-corrected chi connectivity index (χ0v) is 27.8. The van der Waals surface area contributed by atoms with Crippen molar-refractivity contribution in [2.24, 2.45) is 0 Å². The lowest BCUT2D eigenvalue weighted by atomic mass is 9.59. The highest BCUT2D eigenvalue weighted by molar-refractivity contribution is 9.10. The molecule has 0 saturated carbocycles. The van der Waals surface area contributed by atoms with E-state index >= 15 is 0 Å². The lowest BCUT2D eigenvalue weighted by Crippen LogP contribution is -2.55. The number of benzene rings is 4. The molecule has 5 rings (SSSR count). The summed E-state index contributed by atoms with van der Waals surface area (Å²) >= 11 is 7.55. The fourth-order valence-electron chi connectivity index (χ4n) is 6.34. The maximum Gasteiger partial charge on any atom is 0.156 e. The molecule has 1 aliphatic carbocycles. The Morgan fingerprint density at radius 3 is 1.10 bits per heavy atom. The summed E-state index contributed by atoms with van der Waals surface area (Å²) in [5.41, 5.74) is 7.08. The van der Waals surface area contributed by atoms with Crippen molar-refractivity contribution >= 4 is 31.9 Å². The Kier molecular flexibility index (Phi) is 7.49. The normalized spacial score (nSPS) is 20.6. The second-order valence-corrected chi connectivity index (χ2v) is 14.6. The van der Waals surface area contributed by atoms with Crippen molar-refractivity contribution in [2.75, 3.05) is 14.2 Å². The highest BCUT2D eigenvalue weighted by Gasteiger charge is 2.61. The van der Waals surface area contributed by atoms with E-state index in [0.29, 0.717) is 0 Å². The molecule has 4 aromatic rings. The first-order chi connectivity index (χ1) is 18.8. The van der Waals surface area contributed by atoms with Crippen LogP contribution in [0.5, 0.6) is 0 Å². The molecule has 0 heterocycles. The first-order valence-corrected chi connectivity index (χ1v) is 15.3. The maximum atomic E-state index is 6.87. The van der Waals surface area contributed by atoms with Crippen molar-refractivity contribution in [3.63, 3.8) is 0 Å². The summed E-state index contributed by atoms with van der Waals surface area (Å²) in [6.45, 7) is 13.4. The maximum absolute atomic E-state index is 6.87. The van der Waals surface area contributed by atoms with E-state index < -0.39 is 11.2 Å². The smallest absolute Gasteiger partial charge is 0.156 e. The molecular formula is C36H38Br2O2. The van der Waals surface area contributed by atoms with Crippen LogP contribution in [0.15, 0.2) is 93.9 Å². The van der Waals surface area contributed by atoms with Crippen molar-refractivity contribution in [3.05, 3.63) is 127 Å². The van der Waals surface area contributed by atoms with Gasteiger partial charge in [-0.2, -0.15) is 0 Å². The molecule has 0 radical (unpaired) electrons. The molecule has 0 saturated heterocycles. The molecule has 0 N–H and O–H groups in total. The van der Waals surface area contributed by atoms with E-state index in [2.05, 4.69) is 158 Å². The Morgan fingerprint density at radius 1 is 0.500 bits per heavy atom. The summed E-state index contributed by atoms with van der Waals surface area (Å²) in [6, 6.07) is 30.8. The van der Waals surface area contributed by atoms with Gasteiger partial charge in [0, 0.05) is 34.3 Å². The fraction of sp³-hybridized carbons (Fsp3) is 0.333. The second-order valence-electron chi connectivity index (χ2n) is 12.8. The standard InChI is InChI=1S/C36H38Br2O2/c1-33(2,3)23-9-13-25(14-10-23)35(39-7)31-21-27(37)17-19-29(31)30-20-18-28(38)22-32(30)36(35,40-8)26-15-11-24(12-16-26)34(4,5)6/h9-22H,1-8H3. The fourth-order valence-corrected chi connectivity index (χ4v) is 7.06. The Labute approximate surface area is 256 Å². The Hall–Kier alpha value is -2.24. The lowest BCUT2D eigenvalue weighted by Gasteiger charge is -2.54. The minimum Gasteiger partial charge on any atom is -0.365 e. The summed E-state index contributed by atoms with van der Waals surface area (Å²) in [5, 5.41) is 0. The van der Waals surface area contributed by atoms with Gasteiger partial charge in [0.25, 0.3) is 0 Å². The van der Waals surface area contributed by atoms with Crippen LogP contribution in [0.4, 0.5) is 0 Å². The molecule has 0 bridgehead atoms. The Balaban J connectivity index is 1.94. The highest BCUT2D eigenvalue weighted by atomic mass is 79.9. The van der Waals surface area contributed by atoms with Gasteiger partial charge in [-0.25, -0.2) is 0 Å². The van der Waals surface area contributed by atoms with Crippen LogP contribution < -0.4 is 0 Å². The predicted molar refractivity (Wildman–Crippen MR) is 173 cm³/mol. The van der Waals surface area contributed by atoms with Gasteiger partial charge in [-0.05, 0) is 68.5 Å². The van der Waals surface area contributed by atoms with Gasteiger partial charge in [0.1, 0.15) is 0 Å². The SMILES string of the molecule is COC1(c2ccc(C(C)(C)C)cc2)c2cc(Br)ccc2-c2ccc(Br)cc2C1(OC)c1ccc(C(C)(C)C)cc1. The number of methoxy groups -OCH3 is 2.